The van der Waals surface area contributed by atoms with Crippen molar-refractivity contribution < 1.29 is 9.53 Å². The normalized spacial score (nSPS) is 17.3. The number of nitrogens with zero attached hydrogens (tertiary/aromatic N) is 4. The first-order chi connectivity index (χ1) is 5.34. The third-order valence-electron chi connectivity index (χ3n) is 1.41. The molecule has 1 rings (SSSR count). The summed E-state index contributed by atoms with van der Waals surface area (Å²) in [5.74, 6) is 0. The molecule has 60 valence electrons. The average Bonchev–Trinajstić information content (AvgIpc) is 2.07. The van der Waals surface area contributed by atoms with Crippen LogP contribution in [0.1, 0.15) is 0 Å². The third-order valence-corrected chi connectivity index (χ3v) is 1.41. The molecular weight excluding hydrogens is 148 g/mol. The van der Waals surface area contributed by atoms with Crippen LogP contribution in [0.15, 0.2) is 5.11 Å². The van der Waals surface area contributed by atoms with Crippen LogP contribution in [-0.4, -0.2) is 37.2 Å². The lowest BCUT2D eigenvalue weighted by atomic mass is 10.4. The van der Waals surface area contributed by atoms with Gasteiger partial charge in [-0.25, -0.2) is 0 Å². The summed E-state index contributed by atoms with van der Waals surface area (Å²) in [4.78, 5) is 14.7. The summed E-state index contributed by atoms with van der Waals surface area (Å²) < 4.78 is 5.00. The number of morpholine rings is 1. The van der Waals surface area contributed by atoms with Crippen LogP contribution in [0.25, 0.3) is 10.4 Å². The molecule has 2 amide bonds. The van der Waals surface area contributed by atoms with Gasteiger partial charge in [0.1, 0.15) is 0 Å². The number of azide groups is 1. The maximum atomic E-state index is 10.8. The Kier molecular flexibility index (Phi) is 2.71. The standard InChI is InChI=1S/C5H8N4O2/c6-8-7-5(10)9-1-3-11-4-2-9/h1-4H2. The fourth-order valence-electron chi connectivity index (χ4n) is 0.856. The van der Waals surface area contributed by atoms with E-state index < -0.39 is 6.03 Å². The van der Waals surface area contributed by atoms with E-state index in [1.54, 1.807) is 0 Å². The zero-order valence-corrected chi connectivity index (χ0v) is 5.93. The molecule has 0 saturated carbocycles. The number of rotatable bonds is 0. The highest BCUT2D eigenvalue weighted by Gasteiger charge is 2.14. The first-order valence-electron chi connectivity index (χ1n) is 3.26. The van der Waals surface area contributed by atoms with Crippen molar-refractivity contribution in [2.75, 3.05) is 26.3 Å². The topological polar surface area (TPSA) is 78.3 Å². The summed E-state index contributed by atoms with van der Waals surface area (Å²) >= 11 is 0. The molecule has 6 heteroatoms. The lowest BCUT2D eigenvalue weighted by molar-refractivity contribution is 0.0554. The van der Waals surface area contributed by atoms with Crippen LogP contribution in [0, 0.1) is 0 Å². The third kappa shape index (κ3) is 2.10. The smallest absolute Gasteiger partial charge is 0.310 e. The second-order valence-electron chi connectivity index (χ2n) is 2.07. The monoisotopic (exact) mass is 156 g/mol. The number of amides is 2. The van der Waals surface area contributed by atoms with E-state index in [4.69, 9.17) is 10.3 Å². The molecule has 1 fully saturated rings. The Morgan fingerprint density at radius 1 is 1.55 bits per heavy atom. The van der Waals surface area contributed by atoms with E-state index >= 15 is 0 Å². The molecule has 11 heavy (non-hydrogen) atoms. The highest BCUT2D eigenvalue weighted by molar-refractivity contribution is 5.75. The van der Waals surface area contributed by atoms with E-state index in [9.17, 15) is 4.79 Å². The predicted molar refractivity (Wildman–Crippen MR) is 36.9 cm³/mol. The van der Waals surface area contributed by atoms with Gasteiger partial charge in [-0.3, -0.25) is 4.79 Å². The molecule has 0 aromatic heterocycles. The van der Waals surface area contributed by atoms with Crippen LogP contribution >= 0.6 is 0 Å². The maximum Gasteiger partial charge on any atom is 0.310 e. The molecule has 0 aliphatic carbocycles. The van der Waals surface area contributed by atoms with Crippen molar-refractivity contribution in [2.45, 2.75) is 0 Å². The van der Waals surface area contributed by atoms with Crippen LogP contribution in [0.3, 0.4) is 0 Å². The van der Waals surface area contributed by atoms with Gasteiger partial charge < -0.3 is 9.64 Å². The molecule has 0 atom stereocenters. The van der Waals surface area contributed by atoms with Gasteiger partial charge in [-0.1, -0.05) is 0 Å². The van der Waals surface area contributed by atoms with Gasteiger partial charge >= 0.3 is 6.03 Å². The van der Waals surface area contributed by atoms with Crippen LogP contribution < -0.4 is 0 Å². The van der Waals surface area contributed by atoms with Gasteiger partial charge in [0, 0.05) is 23.1 Å². The minimum atomic E-state index is -0.518. The molecule has 6 nitrogen and oxygen atoms in total. The zero-order valence-electron chi connectivity index (χ0n) is 5.93. The summed E-state index contributed by atoms with van der Waals surface area (Å²) in [5.41, 5.74) is 7.95. The number of ether oxygens (including phenoxy) is 1. The number of urea groups is 1. The van der Waals surface area contributed by atoms with E-state index in [1.165, 1.54) is 4.90 Å². The molecule has 0 radical (unpaired) electrons. The molecule has 0 aromatic rings. The van der Waals surface area contributed by atoms with Gasteiger partial charge in [0.05, 0.1) is 13.2 Å². The Morgan fingerprint density at radius 2 is 2.18 bits per heavy atom. The molecular formula is C5H8N4O2. The van der Waals surface area contributed by atoms with E-state index in [1.807, 2.05) is 0 Å². The average molecular weight is 156 g/mol. The predicted octanol–water partition coefficient (Wildman–Crippen LogP) is 0.749. The summed E-state index contributed by atoms with van der Waals surface area (Å²) in [5, 5.41) is 2.96. The Bertz CT molecular complexity index is 193. The number of carbonyl (C=O) groups excluding carboxylic acids is 1. The SMILES string of the molecule is [N-]=[N+]=NC(=O)N1CCOCC1. The minimum Gasteiger partial charge on any atom is -0.378 e. The summed E-state index contributed by atoms with van der Waals surface area (Å²) in [6.07, 6.45) is 0. The molecule has 1 aliphatic heterocycles. The summed E-state index contributed by atoms with van der Waals surface area (Å²) in [7, 11) is 0. The van der Waals surface area contributed by atoms with Gasteiger partial charge in [-0.15, -0.1) is 0 Å². The van der Waals surface area contributed by atoms with E-state index in [0.29, 0.717) is 26.3 Å². The minimum absolute atomic E-state index is 0.512. The van der Waals surface area contributed by atoms with Crippen LogP contribution in [0.5, 0.6) is 0 Å². The second kappa shape index (κ2) is 3.80. The molecule has 1 aliphatic rings. The zero-order chi connectivity index (χ0) is 8.10. The molecule has 0 aromatic carbocycles. The molecule has 0 N–H and O–H groups in total. The van der Waals surface area contributed by atoms with Crippen molar-refractivity contribution in [2.24, 2.45) is 5.11 Å². The van der Waals surface area contributed by atoms with Crippen molar-refractivity contribution >= 4 is 6.03 Å². The van der Waals surface area contributed by atoms with Gasteiger partial charge in [-0.05, 0) is 5.53 Å². The number of hydrogen-bond acceptors (Lipinski definition) is 2. The van der Waals surface area contributed by atoms with Crippen molar-refractivity contribution in [1.82, 2.24) is 4.90 Å². The summed E-state index contributed by atoms with van der Waals surface area (Å²) in [6.45, 7) is 2.06. The lowest BCUT2D eigenvalue weighted by Gasteiger charge is -2.24. The fourth-order valence-corrected chi connectivity index (χ4v) is 0.856. The highest BCUT2D eigenvalue weighted by Crippen LogP contribution is 1.98. The van der Waals surface area contributed by atoms with Crippen molar-refractivity contribution in [3.05, 3.63) is 10.4 Å². The Balaban J connectivity index is 2.44. The highest BCUT2D eigenvalue weighted by atomic mass is 16.5. The maximum absolute atomic E-state index is 10.8. The largest absolute Gasteiger partial charge is 0.378 e. The molecule has 0 spiro atoms. The van der Waals surface area contributed by atoms with E-state index in [0.717, 1.165) is 0 Å². The number of carbonyl (C=O) groups is 1. The van der Waals surface area contributed by atoms with Gasteiger partial charge in [0.25, 0.3) is 0 Å². The van der Waals surface area contributed by atoms with Crippen molar-refractivity contribution in [3.63, 3.8) is 0 Å². The van der Waals surface area contributed by atoms with E-state index in [2.05, 4.69) is 10.0 Å². The van der Waals surface area contributed by atoms with Crippen LogP contribution in [0.2, 0.25) is 0 Å². The molecule has 0 unspecified atom stereocenters. The Hall–Kier alpha value is -1.26. The second-order valence-corrected chi connectivity index (χ2v) is 2.07. The molecule has 1 saturated heterocycles. The first kappa shape index (κ1) is 7.84. The summed E-state index contributed by atoms with van der Waals surface area (Å²) in [6, 6.07) is -0.518. The lowest BCUT2D eigenvalue weighted by Crippen LogP contribution is -2.38. The van der Waals surface area contributed by atoms with Gasteiger partial charge in [0.15, 0.2) is 0 Å². The van der Waals surface area contributed by atoms with Crippen molar-refractivity contribution in [3.8, 4) is 0 Å². The molecule has 1 heterocycles. The molecule has 0 bridgehead atoms. The Morgan fingerprint density at radius 3 is 2.73 bits per heavy atom. The Labute approximate surface area is 63.4 Å². The van der Waals surface area contributed by atoms with Crippen LogP contribution in [-0.2, 0) is 4.74 Å². The quantitative estimate of drug-likeness (QED) is 0.294. The van der Waals surface area contributed by atoms with Crippen molar-refractivity contribution in [1.29, 1.82) is 0 Å². The number of hydrogen-bond donors (Lipinski definition) is 0. The van der Waals surface area contributed by atoms with Gasteiger partial charge in [-0.2, -0.15) is 0 Å². The van der Waals surface area contributed by atoms with Gasteiger partial charge in [0.2, 0.25) is 0 Å². The fraction of sp³-hybridized carbons (Fsp3) is 0.800. The van der Waals surface area contributed by atoms with E-state index in [-0.39, 0.29) is 0 Å². The van der Waals surface area contributed by atoms with Crippen LogP contribution in [0.4, 0.5) is 4.79 Å². The first-order valence-corrected chi connectivity index (χ1v) is 3.26.